The molecular weight excluding hydrogens is 446 g/mol. The lowest BCUT2D eigenvalue weighted by Gasteiger charge is -2.18. The van der Waals surface area contributed by atoms with Crippen LogP contribution in [0.4, 0.5) is 17.6 Å². The molecule has 0 saturated heterocycles. The monoisotopic (exact) mass is 461 g/mol. The third kappa shape index (κ3) is 4.45. The van der Waals surface area contributed by atoms with Crippen LogP contribution in [0.15, 0.2) is 60.7 Å². The Morgan fingerprint density at radius 3 is 2.15 bits per heavy atom. The first kappa shape index (κ1) is 22.1. The molecule has 4 rings (SSSR count). The molecule has 0 radical (unpaired) electrons. The summed E-state index contributed by atoms with van der Waals surface area (Å²) in [5.41, 5.74) is 0.535. The predicted molar refractivity (Wildman–Crippen MR) is 107 cm³/mol. The molecule has 0 aromatic heterocycles. The number of ether oxygens (including phenoxy) is 3. The summed E-state index contributed by atoms with van der Waals surface area (Å²) >= 11 is 0. The Bertz CT molecular complexity index is 1210. The molecule has 3 aromatic rings. The number of alkyl halides is 2. The number of hydrogen-bond acceptors (Lipinski definition) is 5. The van der Waals surface area contributed by atoms with Crippen LogP contribution < -0.4 is 14.8 Å². The van der Waals surface area contributed by atoms with Crippen LogP contribution >= 0.6 is 0 Å². The largest absolute Gasteiger partial charge is 0.586 e. The van der Waals surface area contributed by atoms with Crippen molar-refractivity contribution in [3.8, 4) is 22.6 Å². The van der Waals surface area contributed by atoms with E-state index in [1.54, 1.807) is 18.2 Å². The fourth-order valence-corrected chi connectivity index (χ4v) is 3.31. The van der Waals surface area contributed by atoms with E-state index < -0.39 is 41.4 Å². The summed E-state index contributed by atoms with van der Waals surface area (Å²) in [5.74, 6) is -4.40. The summed E-state index contributed by atoms with van der Waals surface area (Å²) in [6.45, 7) is 0. The lowest BCUT2D eigenvalue weighted by molar-refractivity contribution is -0.286. The van der Waals surface area contributed by atoms with Gasteiger partial charge in [-0.15, -0.1) is 8.78 Å². The first-order valence-electron chi connectivity index (χ1n) is 9.51. The number of esters is 1. The van der Waals surface area contributed by atoms with Crippen LogP contribution in [-0.2, 0) is 9.53 Å². The molecule has 3 aromatic carbocycles. The second-order valence-corrected chi connectivity index (χ2v) is 6.98. The smallest absolute Gasteiger partial charge is 0.467 e. The molecular formula is C23H15F4NO5. The summed E-state index contributed by atoms with van der Waals surface area (Å²) in [7, 11) is 1.10. The van der Waals surface area contributed by atoms with Crippen LogP contribution in [0.5, 0.6) is 11.5 Å². The van der Waals surface area contributed by atoms with Crippen LogP contribution in [0.1, 0.15) is 22.0 Å². The van der Waals surface area contributed by atoms with Crippen molar-refractivity contribution in [2.45, 2.75) is 12.3 Å². The number of methoxy groups -OCH3 is 1. The van der Waals surface area contributed by atoms with Gasteiger partial charge in [-0.2, -0.15) is 0 Å². The van der Waals surface area contributed by atoms with E-state index in [1.807, 2.05) is 0 Å². The number of amides is 1. The number of halogens is 4. The normalized spacial score (nSPS) is 14.5. The zero-order chi connectivity index (χ0) is 23.8. The van der Waals surface area contributed by atoms with E-state index in [0.29, 0.717) is 11.1 Å². The molecule has 0 saturated carbocycles. The standard InChI is InChI=1S/C23H15F4NO5/c1-31-22(30)20(28-21(29)19-15(24)3-2-4-16(19)25)13-7-5-12(6-8-13)14-9-10-17-18(11-14)33-23(26,27)32-17/h2-11,20H,1H3,(H,28,29). The Morgan fingerprint density at radius 2 is 1.52 bits per heavy atom. The number of hydrogen-bond donors (Lipinski definition) is 1. The molecule has 1 amide bonds. The van der Waals surface area contributed by atoms with Crippen LogP contribution in [-0.4, -0.2) is 25.3 Å². The molecule has 1 N–H and O–H groups in total. The molecule has 170 valence electrons. The van der Waals surface area contributed by atoms with Crippen molar-refractivity contribution < 1.29 is 41.4 Å². The van der Waals surface area contributed by atoms with Gasteiger partial charge in [-0.1, -0.05) is 36.4 Å². The van der Waals surface area contributed by atoms with Crippen molar-refractivity contribution in [2.75, 3.05) is 7.11 Å². The quantitative estimate of drug-likeness (QED) is 0.444. The molecule has 6 nitrogen and oxygen atoms in total. The molecule has 1 heterocycles. The van der Waals surface area contributed by atoms with Crippen molar-refractivity contribution in [3.05, 3.63) is 83.4 Å². The van der Waals surface area contributed by atoms with E-state index in [0.717, 1.165) is 25.3 Å². The maximum absolute atomic E-state index is 13.9. The molecule has 0 fully saturated rings. The molecule has 33 heavy (non-hydrogen) atoms. The van der Waals surface area contributed by atoms with E-state index in [1.165, 1.54) is 24.3 Å². The number of fused-ring (bicyclic) bond motifs is 1. The lowest BCUT2D eigenvalue weighted by atomic mass is 10.00. The van der Waals surface area contributed by atoms with Crippen molar-refractivity contribution in [1.82, 2.24) is 5.32 Å². The molecule has 1 aliphatic rings. The van der Waals surface area contributed by atoms with Gasteiger partial charge < -0.3 is 19.5 Å². The second-order valence-electron chi connectivity index (χ2n) is 6.98. The zero-order valence-electron chi connectivity index (χ0n) is 16.9. The Morgan fingerprint density at radius 1 is 0.909 bits per heavy atom. The third-order valence-corrected chi connectivity index (χ3v) is 4.88. The van der Waals surface area contributed by atoms with Gasteiger partial charge in [-0.25, -0.2) is 13.6 Å². The van der Waals surface area contributed by atoms with Crippen molar-refractivity contribution in [1.29, 1.82) is 0 Å². The van der Waals surface area contributed by atoms with E-state index in [-0.39, 0.29) is 17.1 Å². The second kappa shape index (κ2) is 8.45. The highest BCUT2D eigenvalue weighted by Gasteiger charge is 2.43. The van der Waals surface area contributed by atoms with Gasteiger partial charge >= 0.3 is 12.3 Å². The van der Waals surface area contributed by atoms with Gasteiger partial charge in [0.1, 0.15) is 17.2 Å². The van der Waals surface area contributed by atoms with Crippen molar-refractivity contribution in [3.63, 3.8) is 0 Å². The van der Waals surface area contributed by atoms with E-state index >= 15 is 0 Å². The zero-order valence-corrected chi connectivity index (χ0v) is 16.9. The van der Waals surface area contributed by atoms with Gasteiger partial charge in [0.15, 0.2) is 17.5 Å². The topological polar surface area (TPSA) is 73.9 Å². The lowest BCUT2D eigenvalue weighted by Crippen LogP contribution is -2.35. The molecule has 1 atom stereocenters. The Balaban J connectivity index is 1.59. The molecule has 0 aliphatic carbocycles. The Labute approximate surface area is 184 Å². The van der Waals surface area contributed by atoms with Gasteiger partial charge in [0.25, 0.3) is 5.91 Å². The van der Waals surface area contributed by atoms with Gasteiger partial charge in [-0.05, 0) is 41.0 Å². The first-order valence-corrected chi connectivity index (χ1v) is 9.51. The number of nitrogens with one attached hydrogen (secondary N) is 1. The van der Waals surface area contributed by atoms with Crippen LogP contribution in [0.2, 0.25) is 0 Å². The molecule has 0 bridgehead atoms. The van der Waals surface area contributed by atoms with E-state index in [9.17, 15) is 27.2 Å². The maximum atomic E-state index is 13.9. The van der Waals surface area contributed by atoms with Crippen LogP contribution in [0.25, 0.3) is 11.1 Å². The first-order chi connectivity index (χ1) is 15.7. The molecule has 0 spiro atoms. The summed E-state index contributed by atoms with van der Waals surface area (Å²) in [4.78, 5) is 24.7. The summed E-state index contributed by atoms with van der Waals surface area (Å²) in [6, 6.07) is 11.9. The van der Waals surface area contributed by atoms with E-state index in [2.05, 4.69) is 14.8 Å². The average molecular weight is 461 g/mol. The van der Waals surface area contributed by atoms with Gasteiger partial charge in [0.05, 0.1) is 7.11 Å². The van der Waals surface area contributed by atoms with E-state index in [4.69, 9.17) is 4.74 Å². The number of benzene rings is 3. The minimum absolute atomic E-state index is 0.103. The van der Waals surface area contributed by atoms with Crippen molar-refractivity contribution in [2.24, 2.45) is 0 Å². The summed E-state index contributed by atoms with van der Waals surface area (Å²) in [5, 5.41) is 2.27. The number of carbonyl (C=O) groups is 2. The van der Waals surface area contributed by atoms with Crippen LogP contribution in [0.3, 0.4) is 0 Å². The minimum Gasteiger partial charge on any atom is -0.467 e. The van der Waals surface area contributed by atoms with Crippen LogP contribution in [0, 0.1) is 11.6 Å². The van der Waals surface area contributed by atoms with Gasteiger partial charge in [0, 0.05) is 0 Å². The number of carbonyl (C=O) groups excluding carboxylic acids is 2. The summed E-state index contributed by atoms with van der Waals surface area (Å²) in [6.07, 6.45) is -3.74. The molecule has 1 aliphatic heterocycles. The SMILES string of the molecule is COC(=O)C(NC(=O)c1c(F)cccc1F)c1ccc(-c2ccc3c(c2)OC(F)(F)O3)cc1. The number of rotatable bonds is 5. The fraction of sp³-hybridized carbons (Fsp3) is 0.130. The summed E-state index contributed by atoms with van der Waals surface area (Å²) < 4.78 is 67.8. The highest BCUT2D eigenvalue weighted by atomic mass is 19.3. The minimum atomic E-state index is -3.74. The average Bonchev–Trinajstić information content (AvgIpc) is 3.10. The third-order valence-electron chi connectivity index (χ3n) is 4.88. The Kier molecular flexibility index (Phi) is 5.67. The van der Waals surface area contributed by atoms with Gasteiger partial charge in [0.2, 0.25) is 0 Å². The Hall–Kier alpha value is -4.08. The highest BCUT2D eigenvalue weighted by Crippen LogP contribution is 2.43. The maximum Gasteiger partial charge on any atom is 0.586 e. The predicted octanol–water partition coefficient (Wildman–Crippen LogP) is 4.60. The fourth-order valence-electron chi connectivity index (χ4n) is 3.31. The highest BCUT2D eigenvalue weighted by molar-refractivity contribution is 5.97. The van der Waals surface area contributed by atoms with Gasteiger partial charge in [-0.3, -0.25) is 4.79 Å². The molecule has 1 unspecified atom stereocenters. The molecule has 10 heteroatoms. The van der Waals surface area contributed by atoms with Crippen molar-refractivity contribution >= 4 is 11.9 Å².